The van der Waals surface area contributed by atoms with E-state index in [4.69, 9.17) is 0 Å². The smallest absolute Gasteiger partial charge is 0.255 e. The number of nitrogens with zero attached hydrogens (tertiary/aromatic N) is 7. The summed E-state index contributed by atoms with van der Waals surface area (Å²) in [5, 5.41) is 12.0. The Kier molecular flexibility index (Phi) is 4.01. The normalized spacial score (nSPS) is 17.6. The third-order valence-electron chi connectivity index (χ3n) is 4.64. The summed E-state index contributed by atoms with van der Waals surface area (Å²) < 4.78 is 3.49. The number of rotatable bonds is 3. The van der Waals surface area contributed by atoms with Crippen LogP contribution in [0.2, 0.25) is 0 Å². The van der Waals surface area contributed by atoms with Gasteiger partial charge in [0.15, 0.2) is 0 Å². The Bertz CT molecular complexity index is 871. The van der Waals surface area contributed by atoms with Crippen LogP contribution in [-0.4, -0.2) is 53.7 Å². The van der Waals surface area contributed by atoms with E-state index in [2.05, 4.69) is 20.4 Å². The van der Waals surface area contributed by atoms with Gasteiger partial charge in [-0.2, -0.15) is 5.10 Å². The summed E-state index contributed by atoms with van der Waals surface area (Å²) in [5.41, 5.74) is 2.47. The zero-order valence-electron chi connectivity index (χ0n) is 14.0. The Labute approximate surface area is 145 Å². The number of hydrogen-bond acceptors (Lipinski definition) is 5. The molecule has 1 aliphatic rings. The molecule has 1 unspecified atom stereocenters. The van der Waals surface area contributed by atoms with Gasteiger partial charge >= 0.3 is 0 Å². The SMILES string of the molecule is Cn1nccc1C1CCCN(C(=O)c2cncc(-n3ccnn3)c2)C1. The first-order valence-corrected chi connectivity index (χ1v) is 8.31. The summed E-state index contributed by atoms with van der Waals surface area (Å²) >= 11 is 0. The highest BCUT2D eigenvalue weighted by Crippen LogP contribution is 2.27. The molecule has 4 heterocycles. The van der Waals surface area contributed by atoms with Crippen LogP contribution in [0.4, 0.5) is 0 Å². The molecule has 3 aromatic rings. The summed E-state index contributed by atoms with van der Waals surface area (Å²) in [5.74, 6) is 0.318. The van der Waals surface area contributed by atoms with Gasteiger partial charge in [0, 0.05) is 44.1 Å². The van der Waals surface area contributed by atoms with E-state index in [1.54, 1.807) is 35.5 Å². The van der Waals surface area contributed by atoms with Gasteiger partial charge < -0.3 is 4.90 Å². The van der Waals surface area contributed by atoms with Crippen molar-refractivity contribution < 1.29 is 4.79 Å². The van der Waals surface area contributed by atoms with Crippen LogP contribution in [0.1, 0.15) is 34.8 Å². The van der Waals surface area contributed by atoms with Crippen molar-refractivity contribution in [1.29, 1.82) is 0 Å². The summed E-state index contributed by atoms with van der Waals surface area (Å²) in [7, 11) is 1.95. The minimum atomic E-state index is 0.00123. The molecule has 128 valence electrons. The molecule has 1 amide bonds. The molecule has 0 spiro atoms. The van der Waals surface area contributed by atoms with Gasteiger partial charge in [-0.25, -0.2) is 4.68 Å². The fraction of sp³-hybridized carbons (Fsp3) is 0.353. The molecular weight excluding hydrogens is 318 g/mol. The van der Waals surface area contributed by atoms with Gasteiger partial charge in [-0.05, 0) is 25.0 Å². The fourth-order valence-corrected chi connectivity index (χ4v) is 3.39. The Balaban J connectivity index is 1.54. The molecule has 0 N–H and O–H groups in total. The average Bonchev–Trinajstić information content (AvgIpc) is 3.33. The molecule has 8 heteroatoms. The predicted octanol–water partition coefficient (Wildman–Crippen LogP) is 1.42. The van der Waals surface area contributed by atoms with Gasteiger partial charge in [-0.1, -0.05) is 5.21 Å². The second-order valence-corrected chi connectivity index (χ2v) is 6.25. The number of likely N-dealkylation sites (tertiary alicyclic amines) is 1. The minimum Gasteiger partial charge on any atom is -0.338 e. The topological polar surface area (TPSA) is 81.7 Å². The van der Waals surface area contributed by atoms with E-state index in [1.165, 1.54) is 5.69 Å². The van der Waals surface area contributed by atoms with Gasteiger partial charge in [-0.15, -0.1) is 5.10 Å². The number of carbonyl (C=O) groups excluding carboxylic acids is 1. The van der Waals surface area contributed by atoms with Crippen molar-refractivity contribution in [2.45, 2.75) is 18.8 Å². The number of pyridine rings is 1. The van der Waals surface area contributed by atoms with Crippen LogP contribution in [0.25, 0.3) is 5.69 Å². The Hall–Kier alpha value is -3.03. The van der Waals surface area contributed by atoms with Crippen molar-refractivity contribution >= 4 is 5.91 Å². The molecule has 0 saturated carbocycles. The number of hydrogen-bond donors (Lipinski definition) is 0. The fourth-order valence-electron chi connectivity index (χ4n) is 3.39. The van der Waals surface area contributed by atoms with Crippen LogP contribution < -0.4 is 0 Å². The molecule has 0 radical (unpaired) electrons. The van der Waals surface area contributed by atoms with Gasteiger partial charge in [0.25, 0.3) is 5.91 Å². The van der Waals surface area contributed by atoms with Crippen LogP contribution in [-0.2, 0) is 7.05 Å². The van der Waals surface area contributed by atoms with E-state index in [9.17, 15) is 4.79 Å². The molecule has 1 atom stereocenters. The first-order chi connectivity index (χ1) is 12.2. The van der Waals surface area contributed by atoms with Crippen LogP contribution in [0.3, 0.4) is 0 Å². The number of amides is 1. The number of aryl methyl sites for hydroxylation is 1. The molecule has 25 heavy (non-hydrogen) atoms. The lowest BCUT2D eigenvalue weighted by Gasteiger charge is -2.32. The van der Waals surface area contributed by atoms with E-state index in [1.807, 2.05) is 28.9 Å². The monoisotopic (exact) mass is 337 g/mol. The van der Waals surface area contributed by atoms with Crippen molar-refractivity contribution in [2.75, 3.05) is 13.1 Å². The first-order valence-electron chi connectivity index (χ1n) is 8.31. The Morgan fingerprint density at radius 2 is 2.20 bits per heavy atom. The molecule has 1 fully saturated rings. The minimum absolute atomic E-state index is 0.00123. The van der Waals surface area contributed by atoms with Crippen molar-refractivity contribution in [2.24, 2.45) is 7.05 Å². The maximum absolute atomic E-state index is 12.9. The van der Waals surface area contributed by atoms with Gasteiger partial charge in [-0.3, -0.25) is 14.5 Å². The maximum Gasteiger partial charge on any atom is 0.255 e. The molecule has 8 nitrogen and oxygen atoms in total. The lowest BCUT2D eigenvalue weighted by molar-refractivity contribution is 0.0704. The van der Waals surface area contributed by atoms with Crippen molar-refractivity contribution in [3.8, 4) is 5.69 Å². The first kappa shape index (κ1) is 15.5. The van der Waals surface area contributed by atoms with E-state index in [0.717, 1.165) is 25.1 Å². The predicted molar refractivity (Wildman–Crippen MR) is 90.2 cm³/mol. The van der Waals surface area contributed by atoms with E-state index in [-0.39, 0.29) is 5.91 Å². The van der Waals surface area contributed by atoms with E-state index >= 15 is 0 Å². The molecule has 0 aliphatic carbocycles. The van der Waals surface area contributed by atoms with E-state index in [0.29, 0.717) is 18.0 Å². The van der Waals surface area contributed by atoms with Crippen LogP contribution >= 0.6 is 0 Å². The zero-order valence-corrected chi connectivity index (χ0v) is 14.0. The average molecular weight is 337 g/mol. The summed E-state index contributed by atoms with van der Waals surface area (Å²) in [6.07, 6.45) is 10.5. The van der Waals surface area contributed by atoms with Gasteiger partial charge in [0.1, 0.15) is 0 Å². The standard InChI is InChI=1S/C17H19N7O/c1-22-16(4-5-20-22)13-3-2-7-23(12-13)17(25)14-9-15(11-18-10-14)24-8-6-19-21-24/h4-6,8-11,13H,2-3,7,12H2,1H3. The van der Waals surface area contributed by atoms with E-state index < -0.39 is 0 Å². The molecule has 1 aliphatic heterocycles. The largest absolute Gasteiger partial charge is 0.338 e. The summed E-state index contributed by atoms with van der Waals surface area (Å²) in [6, 6.07) is 3.84. The van der Waals surface area contributed by atoms with Crippen LogP contribution in [0.5, 0.6) is 0 Å². The lowest BCUT2D eigenvalue weighted by atomic mass is 9.94. The van der Waals surface area contributed by atoms with Crippen LogP contribution in [0.15, 0.2) is 43.1 Å². The summed E-state index contributed by atoms with van der Waals surface area (Å²) in [4.78, 5) is 19.0. The molecule has 3 aromatic heterocycles. The molecule has 4 rings (SSSR count). The molecule has 1 saturated heterocycles. The van der Waals surface area contributed by atoms with Gasteiger partial charge in [0.05, 0.1) is 29.8 Å². The zero-order chi connectivity index (χ0) is 17.2. The second kappa shape index (κ2) is 6.46. The third kappa shape index (κ3) is 3.02. The van der Waals surface area contributed by atoms with Crippen molar-refractivity contribution in [3.63, 3.8) is 0 Å². The Morgan fingerprint density at radius 3 is 2.96 bits per heavy atom. The third-order valence-corrected chi connectivity index (χ3v) is 4.64. The molecular formula is C17H19N7O. The molecule has 0 aromatic carbocycles. The number of carbonyl (C=O) groups is 1. The lowest BCUT2D eigenvalue weighted by Crippen LogP contribution is -2.39. The summed E-state index contributed by atoms with van der Waals surface area (Å²) in [6.45, 7) is 1.46. The van der Waals surface area contributed by atoms with Gasteiger partial charge in [0.2, 0.25) is 0 Å². The van der Waals surface area contributed by atoms with Crippen molar-refractivity contribution in [3.05, 3.63) is 54.4 Å². The quantitative estimate of drug-likeness (QED) is 0.722. The maximum atomic E-state index is 12.9. The highest BCUT2D eigenvalue weighted by atomic mass is 16.2. The van der Waals surface area contributed by atoms with Crippen LogP contribution in [0, 0.1) is 0 Å². The number of aromatic nitrogens is 6. The molecule has 0 bridgehead atoms. The van der Waals surface area contributed by atoms with Crippen molar-refractivity contribution in [1.82, 2.24) is 34.7 Å². The Morgan fingerprint density at radius 1 is 1.28 bits per heavy atom. The number of piperidine rings is 1. The highest BCUT2D eigenvalue weighted by molar-refractivity contribution is 5.94. The highest BCUT2D eigenvalue weighted by Gasteiger charge is 2.27. The second-order valence-electron chi connectivity index (χ2n) is 6.25.